The zero-order valence-electron chi connectivity index (χ0n) is 31.2. The van der Waals surface area contributed by atoms with Gasteiger partial charge in [-0.1, -0.05) is 13.8 Å². The summed E-state index contributed by atoms with van der Waals surface area (Å²) < 4.78 is 47.7. The van der Waals surface area contributed by atoms with Crippen molar-refractivity contribution in [1.29, 1.82) is 0 Å². The largest absolute Gasteiger partial charge is 0.467 e. The van der Waals surface area contributed by atoms with E-state index in [1.54, 1.807) is 0 Å². The molecule has 0 N–H and O–H groups in total. The first-order valence-corrected chi connectivity index (χ1v) is 31.1. The number of carbonyl (C=O) groups excluding carboxylic acids is 2. The molecule has 3 aliphatic carbocycles. The minimum atomic E-state index is -2.29. The van der Waals surface area contributed by atoms with Crippen LogP contribution in [0, 0.1) is 34.5 Å². The Kier molecular flexibility index (Phi) is 9.28. The fourth-order valence-corrected chi connectivity index (χ4v) is 14.9. The SMILES string of the molecule is COC(=O)[C@]12OC[C@]34[C@H](OC(=O)C[C@@H]13)[C@H](O[Si](C)(C)C)[C@H]1[C@H](C)[C@@H](O[Si](C)(C)C)CC[C@]1(C)[C@H]4[C@@H](O[Si](C)(C)C)[C@@H]2O[Si](C)(C)C. The lowest BCUT2D eigenvalue weighted by atomic mass is 9.37. The van der Waals surface area contributed by atoms with E-state index in [1.807, 2.05) is 0 Å². The Labute approximate surface area is 282 Å². The molecule has 2 bridgehead atoms. The van der Waals surface area contributed by atoms with Gasteiger partial charge in [-0.15, -0.1) is 0 Å². The van der Waals surface area contributed by atoms with Crippen molar-refractivity contribution in [2.75, 3.05) is 13.7 Å². The number of esters is 2. The topological polar surface area (TPSA) is 98.8 Å². The van der Waals surface area contributed by atoms with Gasteiger partial charge in [0, 0.05) is 23.4 Å². The van der Waals surface area contributed by atoms with Crippen LogP contribution in [0.15, 0.2) is 0 Å². The van der Waals surface area contributed by atoms with Gasteiger partial charge in [0.25, 0.3) is 0 Å². The first-order valence-electron chi connectivity index (χ1n) is 17.4. The fraction of sp³-hybridized carbons (Fsp3) is 0.939. The Morgan fingerprint density at radius 3 is 1.89 bits per heavy atom. The summed E-state index contributed by atoms with van der Waals surface area (Å²) in [5.74, 6) is -1.19. The summed E-state index contributed by atoms with van der Waals surface area (Å²) >= 11 is 0. The minimum Gasteiger partial charge on any atom is -0.467 e. The van der Waals surface area contributed by atoms with Gasteiger partial charge in [-0.2, -0.15) is 0 Å². The van der Waals surface area contributed by atoms with Crippen LogP contribution in [0.5, 0.6) is 0 Å². The van der Waals surface area contributed by atoms with Crippen molar-refractivity contribution in [3.63, 3.8) is 0 Å². The molecule has 5 aliphatic rings. The maximum atomic E-state index is 14.3. The molecule has 2 heterocycles. The zero-order chi connectivity index (χ0) is 34.6. The lowest BCUT2D eigenvalue weighted by Gasteiger charge is -2.71. The first-order chi connectivity index (χ1) is 20.8. The summed E-state index contributed by atoms with van der Waals surface area (Å²) in [6, 6.07) is 0. The molecule has 0 radical (unpaired) electrons. The Morgan fingerprint density at radius 1 is 0.826 bits per heavy atom. The van der Waals surface area contributed by atoms with Gasteiger partial charge < -0.3 is 31.9 Å². The summed E-state index contributed by atoms with van der Waals surface area (Å²) in [6.07, 6.45) is -0.0997. The van der Waals surface area contributed by atoms with Gasteiger partial charge in [0.05, 0.1) is 32.3 Å². The predicted molar refractivity (Wildman–Crippen MR) is 187 cm³/mol. The van der Waals surface area contributed by atoms with Gasteiger partial charge in [0.2, 0.25) is 0 Å². The van der Waals surface area contributed by atoms with Gasteiger partial charge in [0.1, 0.15) is 12.2 Å². The van der Waals surface area contributed by atoms with Crippen LogP contribution < -0.4 is 0 Å². The number of ether oxygens (including phenoxy) is 3. The standard InChI is InChI=1S/C33H62O9Si4/c1-20-21(39-43(4,5)6)16-17-31(2)24(20)25(40-44(7,8)9)28-32-19-37-33(30(35)36-3,22(32)18-23(34)38-28)29(42-46(13,14)15)26(27(31)32)41-45(10,11)12/h20-22,24-29H,16-19H2,1-15H3/t20-,21+,22-,24-,25-,26-,27-,28-,29+,31+,32+,33+/m1/s1. The Hall–Kier alpha value is -0.392. The average molecular weight is 715 g/mol. The molecular formula is C33H62O9Si4. The van der Waals surface area contributed by atoms with Crippen molar-refractivity contribution in [1.82, 2.24) is 0 Å². The van der Waals surface area contributed by atoms with Crippen molar-refractivity contribution in [2.24, 2.45) is 34.5 Å². The second-order valence-corrected chi connectivity index (χ2v) is 36.9. The molecule has 0 aromatic heterocycles. The molecule has 0 aromatic rings. The van der Waals surface area contributed by atoms with Crippen LogP contribution >= 0.6 is 0 Å². The van der Waals surface area contributed by atoms with Crippen molar-refractivity contribution >= 4 is 45.2 Å². The van der Waals surface area contributed by atoms with E-state index in [0.29, 0.717) is 0 Å². The monoisotopic (exact) mass is 714 g/mol. The van der Waals surface area contributed by atoms with Crippen molar-refractivity contribution in [3.8, 4) is 0 Å². The van der Waals surface area contributed by atoms with Gasteiger partial charge in [0.15, 0.2) is 38.9 Å². The average Bonchev–Trinajstić information content (AvgIpc) is 3.14. The maximum Gasteiger partial charge on any atom is 0.341 e. The zero-order valence-corrected chi connectivity index (χ0v) is 35.2. The fourth-order valence-electron chi connectivity index (χ4n) is 10.4. The van der Waals surface area contributed by atoms with Crippen molar-refractivity contribution in [2.45, 2.75) is 148 Å². The van der Waals surface area contributed by atoms with Crippen LogP contribution in [0.4, 0.5) is 0 Å². The van der Waals surface area contributed by atoms with E-state index in [1.165, 1.54) is 7.11 Å². The second kappa shape index (κ2) is 11.6. The van der Waals surface area contributed by atoms with E-state index < -0.39 is 74.5 Å². The van der Waals surface area contributed by atoms with E-state index in [-0.39, 0.29) is 54.4 Å². The van der Waals surface area contributed by atoms with Crippen molar-refractivity contribution < 1.29 is 41.5 Å². The molecule has 5 fully saturated rings. The van der Waals surface area contributed by atoms with E-state index in [9.17, 15) is 9.59 Å². The highest BCUT2D eigenvalue weighted by Crippen LogP contribution is 2.74. The lowest BCUT2D eigenvalue weighted by Crippen LogP contribution is -2.81. The third-order valence-electron chi connectivity index (χ3n) is 11.2. The number of rotatable bonds is 9. The smallest absolute Gasteiger partial charge is 0.341 e. The molecule has 2 aliphatic heterocycles. The highest BCUT2D eigenvalue weighted by atomic mass is 28.4. The molecule has 5 rings (SSSR count). The molecule has 1 spiro atoms. The van der Waals surface area contributed by atoms with Crippen LogP contribution in [0.25, 0.3) is 0 Å². The third-order valence-corrected chi connectivity index (χ3v) is 15.2. The highest BCUT2D eigenvalue weighted by Gasteiger charge is 2.85. The van der Waals surface area contributed by atoms with Gasteiger partial charge in [-0.25, -0.2) is 4.79 Å². The van der Waals surface area contributed by atoms with Gasteiger partial charge >= 0.3 is 11.9 Å². The summed E-state index contributed by atoms with van der Waals surface area (Å²) in [5.41, 5.74) is -2.47. The lowest BCUT2D eigenvalue weighted by molar-refractivity contribution is -0.304. The number of fused-ring (bicyclic) bond motifs is 2. The molecule has 2 saturated heterocycles. The number of hydrogen-bond donors (Lipinski definition) is 0. The van der Waals surface area contributed by atoms with E-state index >= 15 is 0 Å². The molecule has 0 unspecified atom stereocenters. The van der Waals surface area contributed by atoms with E-state index in [0.717, 1.165) is 12.8 Å². The normalized spacial score (nSPS) is 44.2. The van der Waals surface area contributed by atoms with E-state index in [4.69, 9.17) is 31.9 Å². The molecule has 0 amide bonds. The molecule has 0 aromatic carbocycles. The summed E-state index contributed by atoms with van der Waals surface area (Å²) in [7, 11) is -7.13. The molecular weight excluding hydrogens is 653 g/mol. The Balaban J connectivity index is 1.82. The molecule has 3 saturated carbocycles. The molecule has 13 heteroatoms. The van der Waals surface area contributed by atoms with Crippen molar-refractivity contribution in [3.05, 3.63) is 0 Å². The van der Waals surface area contributed by atoms with Crippen LogP contribution in [0.1, 0.15) is 33.1 Å². The minimum absolute atomic E-state index is 0.0352. The summed E-state index contributed by atoms with van der Waals surface area (Å²) in [6.45, 7) is 31.4. The van der Waals surface area contributed by atoms with Crippen LogP contribution in [-0.2, 0) is 41.5 Å². The molecule has 12 atom stereocenters. The van der Waals surface area contributed by atoms with Crippen LogP contribution in [0.2, 0.25) is 78.6 Å². The Morgan fingerprint density at radius 2 is 1.37 bits per heavy atom. The number of hydrogen-bond acceptors (Lipinski definition) is 9. The van der Waals surface area contributed by atoms with Gasteiger partial charge in [-0.3, -0.25) is 4.79 Å². The molecule has 9 nitrogen and oxygen atoms in total. The number of methoxy groups -OCH3 is 1. The Bertz CT molecular complexity index is 1210. The van der Waals surface area contributed by atoms with Crippen LogP contribution in [0.3, 0.4) is 0 Å². The second-order valence-electron chi connectivity index (χ2n) is 19.1. The highest BCUT2D eigenvalue weighted by molar-refractivity contribution is 6.71. The summed E-state index contributed by atoms with van der Waals surface area (Å²) in [5, 5.41) is 0. The molecule has 264 valence electrons. The maximum absolute atomic E-state index is 14.3. The van der Waals surface area contributed by atoms with E-state index in [2.05, 4.69) is 92.4 Å². The quantitative estimate of drug-likeness (QED) is 0.198. The molecule has 46 heavy (non-hydrogen) atoms. The summed E-state index contributed by atoms with van der Waals surface area (Å²) in [4.78, 5) is 28.1. The first kappa shape index (κ1) is 36.9. The van der Waals surface area contributed by atoms with Gasteiger partial charge in [-0.05, 0) is 109 Å². The third kappa shape index (κ3) is 6.03. The van der Waals surface area contributed by atoms with Crippen LogP contribution in [-0.4, -0.2) is 95.0 Å². The number of carbonyl (C=O) groups is 2. The predicted octanol–water partition coefficient (Wildman–Crippen LogP) is 6.42.